The Labute approximate surface area is 64.2 Å². The topological polar surface area (TPSA) is 58.9 Å². The van der Waals surface area contributed by atoms with Crippen LogP contribution in [-0.2, 0) is 9.53 Å². The van der Waals surface area contributed by atoms with Gasteiger partial charge in [0.15, 0.2) is 0 Å². The lowest BCUT2D eigenvalue weighted by atomic mass is 10.3. The number of hydrogen-bond acceptors (Lipinski definition) is 3. The van der Waals surface area contributed by atoms with Crippen molar-refractivity contribution >= 4 is 11.9 Å². The van der Waals surface area contributed by atoms with Crippen LogP contribution in [0.2, 0.25) is 0 Å². The van der Waals surface area contributed by atoms with E-state index >= 15 is 0 Å². The Morgan fingerprint density at radius 2 is 2.55 bits per heavy atom. The molecule has 1 N–H and O–H groups in total. The largest absolute Gasteiger partial charge is 0.478 e. The van der Waals surface area contributed by atoms with Crippen LogP contribution in [0.5, 0.6) is 0 Å². The van der Waals surface area contributed by atoms with E-state index in [2.05, 4.69) is 4.99 Å². The molecule has 1 aliphatic heterocycles. The van der Waals surface area contributed by atoms with Crippen molar-refractivity contribution in [3.8, 4) is 0 Å². The molecule has 1 rings (SSSR count). The molecule has 4 nitrogen and oxygen atoms in total. The predicted molar refractivity (Wildman–Crippen MR) is 39.6 cm³/mol. The molecule has 0 radical (unpaired) electrons. The van der Waals surface area contributed by atoms with E-state index in [4.69, 9.17) is 9.84 Å². The average Bonchev–Trinajstić information content (AvgIpc) is 2.39. The Morgan fingerprint density at radius 3 is 3.00 bits per heavy atom. The molecule has 0 unspecified atom stereocenters. The van der Waals surface area contributed by atoms with Crippen molar-refractivity contribution in [1.82, 2.24) is 0 Å². The van der Waals surface area contributed by atoms with E-state index in [1.54, 1.807) is 0 Å². The lowest BCUT2D eigenvalue weighted by Crippen LogP contribution is -2.01. The summed E-state index contributed by atoms with van der Waals surface area (Å²) in [6.45, 7) is 2.68. The Kier molecular flexibility index (Phi) is 2.25. The fraction of sp³-hybridized carbons (Fsp3) is 0.429. The molecule has 0 saturated carbocycles. The normalized spacial score (nSPS) is 17.5. The Bertz CT molecular complexity index is 230. The highest BCUT2D eigenvalue weighted by molar-refractivity contribution is 5.97. The second-order valence-corrected chi connectivity index (χ2v) is 2.20. The minimum atomic E-state index is -0.941. The van der Waals surface area contributed by atoms with Gasteiger partial charge in [0, 0.05) is 11.6 Å². The second kappa shape index (κ2) is 3.18. The van der Waals surface area contributed by atoms with Gasteiger partial charge in [0.05, 0.1) is 6.54 Å². The number of nitrogens with zero attached hydrogens (tertiary/aromatic N) is 1. The lowest BCUT2D eigenvalue weighted by Gasteiger charge is -1.94. The number of hydrogen-bond donors (Lipinski definition) is 1. The van der Waals surface area contributed by atoms with Crippen molar-refractivity contribution < 1.29 is 14.6 Å². The van der Waals surface area contributed by atoms with Gasteiger partial charge in [0.2, 0.25) is 5.90 Å². The van der Waals surface area contributed by atoms with Crippen molar-refractivity contribution in [3.63, 3.8) is 0 Å². The van der Waals surface area contributed by atoms with E-state index in [1.807, 2.05) is 0 Å². The molecule has 0 bridgehead atoms. The van der Waals surface area contributed by atoms with Gasteiger partial charge in [-0.2, -0.15) is 0 Å². The highest BCUT2D eigenvalue weighted by atomic mass is 16.5. The van der Waals surface area contributed by atoms with Crippen LogP contribution in [0.1, 0.15) is 6.92 Å². The predicted octanol–water partition coefficient (Wildman–Crippen LogP) is 0.446. The van der Waals surface area contributed by atoms with Gasteiger partial charge in [-0.3, -0.25) is 0 Å². The summed E-state index contributed by atoms with van der Waals surface area (Å²) >= 11 is 0. The Balaban J connectivity index is 2.63. The number of carboxylic acids is 1. The molecule has 0 atom stereocenters. The molecule has 4 heteroatoms. The summed E-state index contributed by atoms with van der Waals surface area (Å²) in [4.78, 5) is 14.2. The van der Waals surface area contributed by atoms with Crippen LogP contribution >= 0.6 is 0 Å². The van der Waals surface area contributed by atoms with Gasteiger partial charge in [-0.15, -0.1) is 0 Å². The average molecular weight is 155 g/mol. The molecule has 0 aromatic carbocycles. The maximum absolute atomic E-state index is 10.3. The maximum Gasteiger partial charge on any atom is 0.331 e. The fourth-order valence-corrected chi connectivity index (χ4v) is 0.686. The number of aliphatic carboxylic acids is 1. The fourth-order valence-electron chi connectivity index (χ4n) is 0.686. The van der Waals surface area contributed by atoms with Crippen molar-refractivity contribution in [1.29, 1.82) is 0 Å². The standard InChI is InChI=1S/C7H9NO3/c1-5(7(9)10)4-6-8-2-3-11-6/h4H,2-3H2,1H3,(H,9,10). The van der Waals surface area contributed by atoms with E-state index in [-0.39, 0.29) is 5.57 Å². The summed E-state index contributed by atoms with van der Waals surface area (Å²) in [6.07, 6.45) is 1.43. The number of aliphatic imine (C=N–C) groups is 1. The molecule has 60 valence electrons. The van der Waals surface area contributed by atoms with Gasteiger partial charge in [-0.25, -0.2) is 9.79 Å². The summed E-state index contributed by atoms with van der Waals surface area (Å²) in [7, 11) is 0. The summed E-state index contributed by atoms with van der Waals surface area (Å²) < 4.78 is 4.98. The van der Waals surface area contributed by atoms with Crippen molar-refractivity contribution in [3.05, 3.63) is 11.6 Å². The summed E-state index contributed by atoms with van der Waals surface area (Å²) in [5.41, 5.74) is 0.241. The van der Waals surface area contributed by atoms with Crippen LogP contribution in [0.25, 0.3) is 0 Å². The SMILES string of the molecule is CC(=CC1=NCCO1)C(=O)O. The third-order valence-electron chi connectivity index (χ3n) is 1.29. The van der Waals surface area contributed by atoms with Gasteiger partial charge >= 0.3 is 5.97 Å². The summed E-state index contributed by atoms with van der Waals surface area (Å²) in [5, 5.41) is 8.46. The zero-order chi connectivity index (χ0) is 8.27. The first-order chi connectivity index (χ1) is 5.20. The van der Waals surface area contributed by atoms with Gasteiger partial charge in [-0.1, -0.05) is 0 Å². The molecule has 0 fully saturated rings. The Morgan fingerprint density at radius 1 is 1.82 bits per heavy atom. The molecule has 0 aromatic rings. The summed E-state index contributed by atoms with van der Waals surface area (Å²) in [6, 6.07) is 0. The summed E-state index contributed by atoms with van der Waals surface area (Å²) in [5.74, 6) is -0.520. The molecule has 1 heterocycles. The molecule has 0 saturated heterocycles. The van der Waals surface area contributed by atoms with Gasteiger partial charge in [0.25, 0.3) is 0 Å². The van der Waals surface area contributed by atoms with Crippen LogP contribution in [0, 0.1) is 0 Å². The van der Waals surface area contributed by atoms with Crippen molar-refractivity contribution in [2.45, 2.75) is 6.92 Å². The maximum atomic E-state index is 10.3. The first-order valence-corrected chi connectivity index (χ1v) is 3.29. The first kappa shape index (κ1) is 7.78. The van der Waals surface area contributed by atoms with Crippen LogP contribution in [0.4, 0.5) is 0 Å². The number of ether oxygens (including phenoxy) is 1. The number of rotatable bonds is 2. The zero-order valence-electron chi connectivity index (χ0n) is 6.20. The third-order valence-corrected chi connectivity index (χ3v) is 1.29. The van der Waals surface area contributed by atoms with Crippen molar-refractivity contribution in [2.24, 2.45) is 4.99 Å². The monoisotopic (exact) mass is 155 g/mol. The number of carbonyl (C=O) groups is 1. The number of carboxylic acid groups (broad SMARTS) is 1. The van der Waals surface area contributed by atoms with E-state index in [1.165, 1.54) is 13.0 Å². The minimum Gasteiger partial charge on any atom is -0.478 e. The second-order valence-electron chi connectivity index (χ2n) is 2.20. The minimum absolute atomic E-state index is 0.241. The van der Waals surface area contributed by atoms with Gasteiger partial charge in [-0.05, 0) is 6.92 Å². The molecule has 0 aromatic heterocycles. The smallest absolute Gasteiger partial charge is 0.331 e. The molecule has 1 aliphatic rings. The molecular formula is C7H9NO3. The van der Waals surface area contributed by atoms with E-state index in [9.17, 15) is 4.79 Å². The molecule has 0 spiro atoms. The highest BCUT2D eigenvalue weighted by Gasteiger charge is 2.06. The van der Waals surface area contributed by atoms with Gasteiger partial charge in [0.1, 0.15) is 6.61 Å². The zero-order valence-corrected chi connectivity index (χ0v) is 6.20. The van der Waals surface area contributed by atoms with Crippen LogP contribution in [-0.4, -0.2) is 30.1 Å². The quantitative estimate of drug-likeness (QED) is 0.589. The molecular weight excluding hydrogens is 146 g/mol. The van der Waals surface area contributed by atoms with Gasteiger partial charge < -0.3 is 9.84 Å². The van der Waals surface area contributed by atoms with Crippen molar-refractivity contribution in [2.75, 3.05) is 13.2 Å². The van der Waals surface area contributed by atoms with E-state index in [0.717, 1.165) is 0 Å². The van der Waals surface area contributed by atoms with Crippen LogP contribution < -0.4 is 0 Å². The van der Waals surface area contributed by atoms with E-state index < -0.39 is 5.97 Å². The highest BCUT2D eigenvalue weighted by Crippen LogP contribution is 1.99. The van der Waals surface area contributed by atoms with E-state index in [0.29, 0.717) is 19.0 Å². The molecule has 0 amide bonds. The Hall–Kier alpha value is -1.32. The lowest BCUT2D eigenvalue weighted by molar-refractivity contribution is -0.132. The third kappa shape index (κ3) is 2.07. The van der Waals surface area contributed by atoms with Crippen LogP contribution in [0.15, 0.2) is 16.6 Å². The van der Waals surface area contributed by atoms with Crippen LogP contribution in [0.3, 0.4) is 0 Å². The molecule has 11 heavy (non-hydrogen) atoms. The molecule has 0 aliphatic carbocycles. The first-order valence-electron chi connectivity index (χ1n) is 3.29.